The first-order chi connectivity index (χ1) is 11.3. The number of nitrogens with one attached hydrogen (secondary N) is 1. The van der Waals surface area contributed by atoms with Gasteiger partial charge in [-0.3, -0.25) is 4.79 Å². The van der Waals surface area contributed by atoms with Gasteiger partial charge in [-0.25, -0.2) is 4.79 Å². The molecule has 2 aromatic carbocycles. The Labute approximate surface area is 140 Å². The normalized spacial score (nSPS) is 15.5. The molecule has 1 aliphatic heterocycles. The van der Waals surface area contributed by atoms with Crippen LogP contribution < -0.4 is 10.1 Å². The number of fused-ring (bicyclic) bond motifs is 1. The van der Waals surface area contributed by atoms with Crippen LogP contribution in [0, 0.1) is 20.8 Å². The van der Waals surface area contributed by atoms with Gasteiger partial charge in [-0.15, -0.1) is 0 Å². The van der Waals surface area contributed by atoms with Crippen molar-refractivity contribution >= 4 is 17.6 Å². The number of amides is 1. The van der Waals surface area contributed by atoms with E-state index in [0.29, 0.717) is 17.7 Å². The molecule has 2 aromatic rings. The maximum atomic E-state index is 12.4. The first-order valence-electron chi connectivity index (χ1n) is 7.76. The predicted molar refractivity (Wildman–Crippen MR) is 90.8 cm³/mol. The van der Waals surface area contributed by atoms with Crippen LogP contribution in [0.25, 0.3) is 0 Å². The van der Waals surface area contributed by atoms with Crippen molar-refractivity contribution < 1.29 is 19.4 Å². The molecule has 5 heteroatoms. The van der Waals surface area contributed by atoms with Crippen LogP contribution >= 0.6 is 0 Å². The number of aromatic carboxylic acids is 1. The van der Waals surface area contributed by atoms with Gasteiger partial charge in [0.15, 0.2) is 6.10 Å². The van der Waals surface area contributed by atoms with Crippen LogP contribution in [0.4, 0.5) is 5.69 Å². The lowest BCUT2D eigenvalue weighted by Crippen LogP contribution is -2.31. The smallest absolute Gasteiger partial charge is 0.335 e. The van der Waals surface area contributed by atoms with Crippen molar-refractivity contribution in [2.24, 2.45) is 0 Å². The maximum absolute atomic E-state index is 12.4. The minimum atomic E-state index is -0.981. The number of carboxylic acid groups (broad SMARTS) is 1. The Balaban J connectivity index is 1.73. The first-order valence-corrected chi connectivity index (χ1v) is 7.76. The Kier molecular flexibility index (Phi) is 4.01. The highest BCUT2D eigenvalue weighted by molar-refractivity contribution is 5.96. The van der Waals surface area contributed by atoms with Crippen molar-refractivity contribution in [2.75, 3.05) is 5.32 Å². The van der Waals surface area contributed by atoms with E-state index in [4.69, 9.17) is 9.84 Å². The fraction of sp³-hybridized carbons (Fsp3) is 0.263. The van der Waals surface area contributed by atoms with Gasteiger partial charge < -0.3 is 15.2 Å². The highest BCUT2D eigenvalue weighted by atomic mass is 16.5. The number of aryl methyl sites for hydroxylation is 3. The molecule has 0 saturated heterocycles. The zero-order valence-corrected chi connectivity index (χ0v) is 13.8. The summed E-state index contributed by atoms with van der Waals surface area (Å²) < 4.78 is 5.76. The van der Waals surface area contributed by atoms with E-state index < -0.39 is 12.1 Å². The molecule has 3 rings (SSSR count). The zero-order valence-electron chi connectivity index (χ0n) is 13.8. The topological polar surface area (TPSA) is 75.6 Å². The number of ether oxygens (including phenoxy) is 1. The standard InChI is InChI=1S/C19H19NO4/c1-10-6-13-9-17(24-16(13)8-11(10)2)18(21)20-14-4-5-15(19(22)23)12(3)7-14/h4-8,17H,9H2,1-3H3,(H,20,21)(H,22,23). The number of anilines is 1. The number of carbonyl (C=O) groups excluding carboxylic acids is 1. The fourth-order valence-electron chi connectivity index (χ4n) is 2.86. The molecule has 0 radical (unpaired) electrons. The molecule has 1 unspecified atom stereocenters. The summed E-state index contributed by atoms with van der Waals surface area (Å²) in [5, 5.41) is 11.8. The zero-order chi connectivity index (χ0) is 17.4. The summed E-state index contributed by atoms with van der Waals surface area (Å²) in [7, 11) is 0. The van der Waals surface area contributed by atoms with Crippen molar-refractivity contribution in [1.82, 2.24) is 0 Å². The molecule has 1 atom stereocenters. The fourth-order valence-corrected chi connectivity index (χ4v) is 2.86. The van der Waals surface area contributed by atoms with E-state index in [1.54, 1.807) is 19.1 Å². The van der Waals surface area contributed by atoms with Gasteiger partial charge >= 0.3 is 5.97 Å². The lowest BCUT2D eigenvalue weighted by molar-refractivity contribution is -0.122. The van der Waals surface area contributed by atoms with Crippen LogP contribution in [-0.4, -0.2) is 23.1 Å². The summed E-state index contributed by atoms with van der Waals surface area (Å²) in [5.74, 6) is -0.453. The average molecular weight is 325 g/mol. The molecule has 1 heterocycles. The van der Waals surface area contributed by atoms with Crippen LogP contribution in [0.1, 0.15) is 32.6 Å². The van der Waals surface area contributed by atoms with Gasteiger partial charge in [0.2, 0.25) is 0 Å². The molecule has 2 N–H and O–H groups in total. The number of rotatable bonds is 3. The second-order valence-electron chi connectivity index (χ2n) is 6.18. The lowest BCUT2D eigenvalue weighted by atomic mass is 10.0. The first kappa shape index (κ1) is 16.1. The molecule has 24 heavy (non-hydrogen) atoms. The summed E-state index contributed by atoms with van der Waals surface area (Å²) in [4.78, 5) is 23.5. The summed E-state index contributed by atoms with van der Waals surface area (Å²) in [6, 6.07) is 8.75. The number of hydrogen-bond acceptors (Lipinski definition) is 3. The summed E-state index contributed by atoms with van der Waals surface area (Å²) in [6.07, 6.45) is -0.0326. The number of carbonyl (C=O) groups is 2. The second-order valence-corrected chi connectivity index (χ2v) is 6.18. The Morgan fingerprint density at radius 1 is 1.08 bits per heavy atom. The third-order valence-corrected chi connectivity index (χ3v) is 4.37. The van der Waals surface area contributed by atoms with Gasteiger partial charge in [-0.05, 0) is 67.3 Å². The summed E-state index contributed by atoms with van der Waals surface area (Å²) in [6.45, 7) is 5.75. The number of hydrogen-bond donors (Lipinski definition) is 2. The molecule has 0 saturated carbocycles. The van der Waals surface area contributed by atoms with E-state index in [9.17, 15) is 9.59 Å². The van der Waals surface area contributed by atoms with E-state index >= 15 is 0 Å². The molecular weight excluding hydrogens is 306 g/mol. The SMILES string of the molecule is Cc1cc2c(cc1C)OC(C(=O)Nc1ccc(C(=O)O)c(C)c1)C2. The van der Waals surface area contributed by atoms with Crippen molar-refractivity contribution in [3.8, 4) is 5.75 Å². The third kappa shape index (κ3) is 2.97. The average Bonchev–Trinajstić information content (AvgIpc) is 2.90. The second kappa shape index (κ2) is 6.00. The lowest BCUT2D eigenvalue weighted by Gasteiger charge is -2.12. The largest absolute Gasteiger partial charge is 0.480 e. The molecule has 124 valence electrons. The van der Waals surface area contributed by atoms with Gasteiger partial charge in [-0.2, -0.15) is 0 Å². The van der Waals surface area contributed by atoms with Crippen LogP contribution in [0.2, 0.25) is 0 Å². The Morgan fingerprint density at radius 2 is 1.79 bits per heavy atom. The third-order valence-electron chi connectivity index (χ3n) is 4.37. The Morgan fingerprint density at radius 3 is 2.46 bits per heavy atom. The highest BCUT2D eigenvalue weighted by Crippen LogP contribution is 2.32. The minimum absolute atomic E-state index is 0.225. The molecule has 0 bridgehead atoms. The van der Waals surface area contributed by atoms with Gasteiger partial charge in [0, 0.05) is 12.1 Å². The van der Waals surface area contributed by atoms with E-state index in [1.165, 1.54) is 11.6 Å². The molecule has 0 fully saturated rings. The summed E-state index contributed by atoms with van der Waals surface area (Å²) in [5.41, 5.74) is 4.74. The predicted octanol–water partition coefficient (Wildman–Crippen LogP) is 3.25. The molecular formula is C19H19NO4. The number of carboxylic acids is 1. The van der Waals surface area contributed by atoms with Crippen LogP contribution in [0.15, 0.2) is 30.3 Å². The molecule has 1 amide bonds. The minimum Gasteiger partial charge on any atom is -0.480 e. The van der Waals surface area contributed by atoms with Crippen LogP contribution in [0.5, 0.6) is 5.75 Å². The van der Waals surface area contributed by atoms with Crippen molar-refractivity contribution in [3.63, 3.8) is 0 Å². The highest BCUT2D eigenvalue weighted by Gasteiger charge is 2.29. The van der Waals surface area contributed by atoms with Gasteiger partial charge in [0.25, 0.3) is 5.91 Å². The van der Waals surface area contributed by atoms with E-state index in [0.717, 1.165) is 16.9 Å². The van der Waals surface area contributed by atoms with Gasteiger partial charge in [0.05, 0.1) is 5.56 Å². The van der Waals surface area contributed by atoms with Crippen molar-refractivity contribution in [2.45, 2.75) is 33.3 Å². The van der Waals surface area contributed by atoms with Gasteiger partial charge in [0.1, 0.15) is 5.75 Å². The molecule has 1 aliphatic rings. The number of benzene rings is 2. The van der Waals surface area contributed by atoms with Gasteiger partial charge in [-0.1, -0.05) is 6.07 Å². The monoisotopic (exact) mass is 325 g/mol. The van der Waals surface area contributed by atoms with Crippen molar-refractivity contribution in [3.05, 3.63) is 58.1 Å². The molecule has 0 aromatic heterocycles. The summed E-state index contributed by atoms with van der Waals surface area (Å²) >= 11 is 0. The van der Waals surface area contributed by atoms with E-state index in [-0.39, 0.29) is 11.5 Å². The Bertz CT molecular complexity index is 811. The van der Waals surface area contributed by atoms with E-state index in [1.807, 2.05) is 19.9 Å². The molecule has 5 nitrogen and oxygen atoms in total. The van der Waals surface area contributed by atoms with Crippen LogP contribution in [-0.2, 0) is 11.2 Å². The quantitative estimate of drug-likeness (QED) is 0.908. The van der Waals surface area contributed by atoms with Crippen molar-refractivity contribution in [1.29, 1.82) is 0 Å². The molecule has 0 spiro atoms. The molecule has 0 aliphatic carbocycles. The van der Waals surface area contributed by atoms with Crippen LogP contribution in [0.3, 0.4) is 0 Å². The Hall–Kier alpha value is -2.82. The maximum Gasteiger partial charge on any atom is 0.335 e. The van der Waals surface area contributed by atoms with E-state index in [2.05, 4.69) is 11.4 Å².